The van der Waals surface area contributed by atoms with Gasteiger partial charge in [0.2, 0.25) is 0 Å². The molecule has 0 N–H and O–H groups in total. The minimum atomic E-state index is -0.543. The number of thiophene rings is 1. The van der Waals surface area contributed by atoms with Crippen LogP contribution in [0, 0.1) is 0 Å². The van der Waals surface area contributed by atoms with Crippen molar-refractivity contribution in [3.05, 3.63) is 83.2 Å². The standard InChI is InChI=1S/C22H20N2O4S2/c1-4-28-21(26)18-13(2)23-22-24(19(18)16-6-5-11-29-16)20(25)17(30-22)12-14-7-9-15(27-3)10-8-14/h5-12,19H,4H2,1-3H3. The number of carbonyl (C=O) groups excluding carboxylic acids is 1. The highest BCUT2D eigenvalue weighted by Crippen LogP contribution is 2.33. The second-order valence-electron chi connectivity index (χ2n) is 6.59. The topological polar surface area (TPSA) is 69.9 Å². The van der Waals surface area contributed by atoms with Crippen LogP contribution in [0.2, 0.25) is 0 Å². The van der Waals surface area contributed by atoms with E-state index in [1.165, 1.54) is 22.7 Å². The summed E-state index contributed by atoms with van der Waals surface area (Å²) in [5.74, 6) is 0.308. The quantitative estimate of drug-likeness (QED) is 0.572. The number of aromatic nitrogens is 1. The van der Waals surface area contributed by atoms with Crippen molar-refractivity contribution in [2.75, 3.05) is 13.7 Å². The number of methoxy groups -OCH3 is 1. The predicted octanol–water partition coefficient (Wildman–Crippen LogP) is 2.87. The highest BCUT2D eigenvalue weighted by molar-refractivity contribution is 7.10. The number of fused-ring (bicyclic) bond motifs is 1. The van der Waals surface area contributed by atoms with Gasteiger partial charge in [0, 0.05) is 4.88 Å². The molecule has 0 fully saturated rings. The molecule has 1 aromatic carbocycles. The zero-order valence-corrected chi connectivity index (χ0v) is 18.4. The number of nitrogens with zero attached hydrogens (tertiary/aromatic N) is 2. The first kappa shape index (κ1) is 20.3. The highest BCUT2D eigenvalue weighted by atomic mass is 32.1. The summed E-state index contributed by atoms with van der Waals surface area (Å²) in [5.41, 5.74) is 1.68. The molecule has 3 heterocycles. The largest absolute Gasteiger partial charge is 0.497 e. The Morgan fingerprint density at radius 3 is 2.67 bits per heavy atom. The van der Waals surface area contributed by atoms with E-state index in [0.717, 1.165) is 16.2 Å². The zero-order chi connectivity index (χ0) is 21.3. The molecule has 1 aliphatic rings. The van der Waals surface area contributed by atoms with Gasteiger partial charge in [-0.25, -0.2) is 9.79 Å². The molecule has 154 valence electrons. The Kier molecular flexibility index (Phi) is 5.69. The van der Waals surface area contributed by atoms with Gasteiger partial charge in [-0.2, -0.15) is 0 Å². The van der Waals surface area contributed by atoms with Crippen molar-refractivity contribution in [3.63, 3.8) is 0 Å². The average molecular weight is 441 g/mol. The molecule has 6 nitrogen and oxygen atoms in total. The molecule has 4 rings (SSSR count). The number of hydrogen-bond acceptors (Lipinski definition) is 7. The van der Waals surface area contributed by atoms with E-state index in [9.17, 15) is 9.59 Å². The number of ether oxygens (including phenoxy) is 2. The van der Waals surface area contributed by atoms with Crippen LogP contribution in [-0.4, -0.2) is 24.3 Å². The third-order valence-corrected chi connectivity index (χ3v) is 6.65. The van der Waals surface area contributed by atoms with Gasteiger partial charge >= 0.3 is 5.97 Å². The van der Waals surface area contributed by atoms with Crippen molar-refractivity contribution in [1.82, 2.24) is 4.57 Å². The van der Waals surface area contributed by atoms with E-state index in [0.29, 0.717) is 20.6 Å². The van der Waals surface area contributed by atoms with Crippen molar-refractivity contribution in [2.24, 2.45) is 4.99 Å². The maximum atomic E-state index is 13.4. The van der Waals surface area contributed by atoms with E-state index in [-0.39, 0.29) is 12.2 Å². The summed E-state index contributed by atoms with van der Waals surface area (Å²) in [6, 6.07) is 10.8. The lowest BCUT2D eigenvalue weighted by Gasteiger charge is -2.23. The molecular weight excluding hydrogens is 420 g/mol. The van der Waals surface area contributed by atoms with Crippen LogP contribution in [0.15, 0.2) is 62.8 Å². The molecule has 0 spiro atoms. The maximum absolute atomic E-state index is 13.4. The Balaban J connectivity index is 1.90. The second kappa shape index (κ2) is 8.41. The van der Waals surface area contributed by atoms with Gasteiger partial charge in [0.1, 0.15) is 11.8 Å². The third kappa shape index (κ3) is 3.64. The summed E-state index contributed by atoms with van der Waals surface area (Å²) in [5, 5.41) is 1.93. The highest BCUT2D eigenvalue weighted by Gasteiger charge is 2.33. The zero-order valence-electron chi connectivity index (χ0n) is 16.7. The molecule has 0 bridgehead atoms. The number of carbonyl (C=O) groups is 1. The average Bonchev–Trinajstić information content (AvgIpc) is 3.37. The fourth-order valence-corrected chi connectivity index (χ4v) is 5.23. The van der Waals surface area contributed by atoms with E-state index < -0.39 is 12.0 Å². The number of benzene rings is 1. The van der Waals surface area contributed by atoms with Crippen LogP contribution in [0.3, 0.4) is 0 Å². The van der Waals surface area contributed by atoms with Crippen LogP contribution in [0.5, 0.6) is 5.75 Å². The van der Waals surface area contributed by atoms with Crippen molar-refractivity contribution in [2.45, 2.75) is 19.9 Å². The summed E-state index contributed by atoms with van der Waals surface area (Å²) >= 11 is 2.81. The first-order valence-corrected chi connectivity index (χ1v) is 11.1. The van der Waals surface area contributed by atoms with Gasteiger partial charge in [-0.1, -0.05) is 29.5 Å². The number of allylic oxidation sites excluding steroid dienone is 1. The minimum absolute atomic E-state index is 0.178. The van der Waals surface area contributed by atoms with Crippen LogP contribution in [0.25, 0.3) is 6.08 Å². The van der Waals surface area contributed by atoms with Gasteiger partial charge < -0.3 is 9.47 Å². The molecule has 1 aliphatic heterocycles. The summed E-state index contributed by atoms with van der Waals surface area (Å²) in [6.07, 6.45) is 1.83. The molecule has 1 unspecified atom stereocenters. The predicted molar refractivity (Wildman–Crippen MR) is 118 cm³/mol. The Labute approximate surface area is 181 Å². The molecule has 0 saturated carbocycles. The van der Waals surface area contributed by atoms with Gasteiger partial charge in [0.05, 0.1) is 29.5 Å². The van der Waals surface area contributed by atoms with Gasteiger partial charge in [-0.05, 0) is 49.1 Å². The third-order valence-electron chi connectivity index (χ3n) is 4.74. The van der Waals surface area contributed by atoms with Crippen LogP contribution >= 0.6 is 22.7 Å². The maximum Gasteiger partial charge on any atom is 0.338 e. The molecule has 3 aromatic rings. The molecule has 1 atom stereocenters. The Morgan fingerprint density at radius 2 is 2.03 bits per heavy atom. The molecule has 0 aliphatic carbocycles. The van der Waals surface area contributed by atoms with Gasteiger partial charge in [-0.15, -0.1) is 11.3 Å². The number of thiazole rings is 1. The first-order chi connectivity index (χ1) is 14.5. The fraction of sp³-hybridized carbons (Fsp3) is 0.227. The van der Waals surface area contributed by atoms with E-state index in [4.69, 9.17) is 9.47 Å². The second-order valence-corrected chi connectivity index (χ2v) is 8.58. The van der Waals surface area contributed by atoms with Crippen molar-refractivity contribution < 1.29 is 14.3 Å². The first-order valence-electron chi connectivity index (χ1n) is 9.40. The molecule has 30 heavy (non-hydrogen) atoms. The Morgan fingerprint density at radius 1 is 1.27 bits per heavy atom. The van der Waals surface area contributed by atoms with Crippen molar-refractivity contribution in [3.8, 4) is 5.75 Å². The minimum Gasteiger partial charge on any atom is -0.497 e. The van der Waals surface area contributed by atoms with Crippen molar-refractivity contribution >= 4 is 34.7 Å². The molecular formula is C22H20N2O4S2. The molecule has 2 aromatic heterocycles. The van der Waals surface area contributed by atoms with Crippen LogP contribution < -0.4 is 19.6 Å². The molecule has 0 saturated heterocycles. The van der Waals surface area contributed by atoms with Crippen LogP contribution in [0.4, 0.5) is 0 Å². The summed E-state index contributed by atoms with van der Waals surface area (Å²) < 4.78 is 12.6. The van der Waals surface area contributed by atoms with E-state index in [1.807, 2.05) is 47.9 Å². The van der Waals surface area contributed by atoms with Gasteiger partial charge in [0.25, 0.3) is 5.56 Å². The van der Waals surface area contributed by atoms with Crippen LogP contribution in [-0.2, 0) is 9.53 Å². The van der Waals surface area contributed by atoms with E-state index in [2.05, 4.69) is 4.99 Å². The van der Waals surface area contributed by atoms with E-state index >= 15 is 0 Å². The summed E-state index contributed by atoms with van der Waals surface area (Å²) in [6.45, 7) is 3.81. The van der Waals surface area contributed by atoms with Gasteiger partial charge in [-0.3, -0.25) is 9.36 Å². The lowest BCUT2D eigenvalue weighted by atomic mass is 10.0. The normalized spacial score (nSPS) is 16.2. The molecule has 0 amide bonds. The lowest BCUT2D eigenvalue weighted by Crippen LogP contribution is -2.39. The van der Waals surface area contributed by atoms with Crippen LogP contribution in [0.1, 0.15) is 30.3 Å². The number of rotatable bonds is 5. The number of esters is 1. The van der Waals surface area contributed by atoms with Crippen molar-refractivity contribution in [1.29, 1.82) is 0 Å². The Hall–Kier alpha value is -2.97. The van der Waals surface area contributed by atoms with E-state index in [1.54, 1.807) is 25.5 Å². The molecule has 8 heteroatoms. The summed E-state index contributed by atoms with van der Waals surface area (Å²) in [4.78, 5) is 32.1. The Bertz CT molecular complexity index is 1280. The SMILES string of the molecule is CCOC(=O)C1=C(C)N=c2sc(=Cc3ccc(OC)cc3)c(=O)n2C1c1cccs1. The fourth-order valence-electron chi connectivity index (χ4n) is 3.36. The monoisotopic (exact) mass is 440 g/mol. The number of hydrogen-bond donors (Lipinski definition) is 0. The van der Waals surface area contributed by atoms with Gasteiger partial charge in [0.15, 0.2) is 4.80 Å². The lowest BCUT2D eigenvalue weighted by molar-refractivity contribution is -0.139. The molecule has 0 radical (unpaired) electrons. The smallest absolute Gasteiger partial charge is 0.338 e. The summed E-state index contributed by atoms with van der Waals surface area (Å²) in [7, 11) is 1.61.